The van der Waals surface area contributed by atoms with Gasteiger partial charge in [0, 0.05) is 25.7 Å². The second-order valence-electron chi connectivity index (χ2n) is 6.78. The van der Waals surface area contributed by atoms with Crippen molar-refractivity contribution >= 4 is 5.69 Å². The van der Waals surface area contributed by atoms with Gasteiger partial charge in [-0.15, -0.1) is 0 Å². The normalized spacial score (nSPS) is 21.0. The number of benzene rings is 1. The summed E-state index contributed by atoms with van der Waals surface area (Å²) in [7, 11) is 0. The molecule has 3 heteroatoms. The molecule has 1 saturated heterocycles. The Hall–Kier alpha value is -1.09. The van der Waals surface area contributed by atoms with Crippen LogP contribution in [-0.2, 0) is 6.54 Å². The molecule has 1 aliphatic heterocycles. The summed E-state index contributed by atoms with van der Waals surface area (Å²) in [5.41, 5.74) is 2.34. The van der Waals surface area contributed by atoms with Gasteiger partial charge in [-0.2, -0.15) is 0 Å². The number of nitrogens with zero attached hydrogens (tertiary/aromatic N) is 1. The van der Waals surface area contributed by atoms with Crippen molar-refractivity contribution in [2.24, 2.45) is 5.41 Å². The van der Waals surface area contributed by atoms with E-state index in [1.807, 2.05) is 6.07 Å². The van der Waals surface area contributed by atoms with Crippen molar-refractivity contribution < 1.29 is 4.39 Å². The molecule has 0 aromatic heterocycles. The zero-order valence-corrected chi connectivity index (χ0v) is 13.3. The molecule has 0 bridgehead atoms. The van der Waals surface area contributed by atoms with E-state index in [4.69, 9.17) is 0 Å². The van der Waals surface area contributed by atoms with Gasteiger partial charge in [0.25, 0.3) is 0 Å². The van der Waals surface area contributed by atoms with E-state index in [1.54, 1.807) is 6.07 Å². The van der Waals surface area contributed by atoms with E-state index < -0.39 is 0 Å². The molecular weight excluding hydrogens is 263 g/mol. The minimum atomic E-state index is -0.0619. The van der Waals surface area contributed by atoms with Crippen LogP contribution in [-0.4, -0.2) is 19.1 Å². The second kappa shape index (κ2) is 5.96. The highest BCUT2D eigenvalue weighted by Crippen LogP contribution is 2.40. The average Bonchev–Trinajstić information content (AvgIpc) is 3.24. The average molecular weight is 290 g/mol. The van der Waals surface area contributed by atoms with Crippen LogP contribution in [0.2, 0.25) is 0 Å². The minimum Gasteiger partial charge on any atom is -0.368 e. The van der Waals surface area contributed by atoms with Gasteiger partial charge in [0.1, 0.15) is 5.82 Å². The van der Waals surface area contributed by atoms with Gasteiger partial charge >= 0.3 is 0 Å². The molecular formula is C18H27FN2. The van der Waals surface area contributed by atoms with Crippen molar-refractivity contribution in [2.75, 3.05) is 18.0 Å². The Labute approximate surface area is 127 Å². The van der Waals surface area contributed by atoms with Crippen LogP contribution in [0.15, 0.2) is 18.2 Å². The third-order valence-electron chi connectivity index (χ3n) is 5.48. The molecule has 0 radical (unpaired) electrons. The first kappa shape index (κ1) is 14.8. The van der Waals surface area contributed by atoms with Crippen molar-refractivity contribution in [1.29, 1.82) is 0 Å². The van der Waals surface area contributed by atoms with Crippen LogP contribution in [0.3, 0.4) is 0 Å². The van der Waals surface area contributed by atoms with E-state index in [2.05, 4.69) is 30.1 Å². The SMILES string of the molecule is CCC1(CC)CCN(c2c(F)cccc2CNC2CC2)C1. The van der Waals surface area contributed by atoms with E-state index in [9.17, 15) is 4.39 Å². The smallest absolute Gasteiger partial charge is 0.146 e. The second-order valence-corrected chi connectivity index (χ2v) is 6.78. The number of rotatable bonds is 6. The first-order chi connectivity index (χ1) is 10.2. The van der Waals surface area contributed by atoms with E-state index in [1.165, 1.54) is 32.1 Å². The minimum absolute atomic E-state index is 0.0619. The molecule has 0 unspecified atom stereocenters. The van der Waals surface area contributed by atoms with E-state index in [0.29, 0.717) is 11.5 Å². The van der Waals surface area contributed by atoms with Gasteiger partial charge in [0.15, 0.2) is 0 Å². The zero-order chi connectivity index (χ0) is 14.9. The molecule has 1 aliphatic carbocycles. The molecule has 0 spiro atoms. The Morgan fingerprint density at radius 1 is 1.29 bits per heavy atom. The Kier molecular flexibility index (Phi) is 4.21. The predicted molar refractivity (Wildman–Crippen MR) is 86.1 cm³/mol. The lowest BCUT2D eigenvalue weighted by Gasteiger charge is -2.28. The summed E-state index contributed by atoms with van der Waals surface area (Å²) < 4.78 is 14.4. The molecule has 1 saturated carbocycles. The number of nitrogens with one attached hydrogen (secondary N) is 1. The zero-order valence-electron chi connectivity index (χ0n) is 13.3. The monoisotopic (exact) mass is 290 g/mol. The Morgan fingerprint density at radius 3 is 2.67 bits per heavy atom. The summed E-state index contributed by atoms with van der Waals surface area (Å²) in [6.07, 6.45) is 6.09. The first-order valence-electron chi connectivity index (χ1n) is 8.43. The maximum Gasteiger partial charge on any atom is 0.146 e. The molecule has 2 fully saturated rings. The molecule has 2 nitrogen and oxygen atoms in total. The van der Waals surface area contributed by atoms with E-state index in [-0.39, 0.29) is 5.82 Å². The number of anilines is 1. The van der Waals surface area contributed by atoms with Crippen molar-refractivity contribution in [3.05, 3.63) is 29.6 Å². The van der Waals surface area contributed by atoms with Crippen molar-refractivity contribution in [1.82, 2.24) is 5.32 Å². The van der Waals surface area contributed by atoms with Crippen LogP contribution in [0.25, 0.3) is 0 Å². The van der Waals surface area contributed by atoms with Crippen LogP contribution >= 0.6 is 0 Å². The summed E-state index contributed by atoms with van der Waals surface area (Å²) in [5.74, 6) is -0.0619. The van der Waals surface area contributed by atoms with Gasteiger partial charge in [-0.05, 0) is 49.1 Å². The topological polar surface area (TPSA) is 15.3 Å². The summed E-state index contributed by atoms with van der Waals surface area (Å²) in [5, 5.41) is 3.52. The summed E-state index contributed by atoms with van der Waals surface area (Å²) in [6.45, 7) is 7.31. The van der Waals surface area contributed by atoms with Crippen LogP contribution in [0.5, 0.6) is 0 Å². The Balaban J connectivity index is 1.80. The predicted octanol–water partition coefficient (Wildman–Crippen LogP) is 4.09. The molecule has 3 rings (SSSR count). The summed E-state index contributed by atoms with van der Waals surface area (Å²) in [6, 6.07) is 6.18. The molecule has 1 N–H and O–H groups in total. The van der Waals surface area contributed by atoms with Crippen molar-refractivity contribution in [3.8, 4) is 0 Å². The molecule has 0 atom stereocenters. The lowest BCUT2D eigenvalue weighted by atomic mass is 9.82. The number of halogens is 1. The molecule has 116 valence electrons. The van der Waals surface area contributed by atoms with Gasteiger partial charge in [-0.1, -0.05) is 26.0 Å². The molecule has 1 aromatic rings. The summed E-state index contributed by atoms with van der Waals surface area (Å²) in [4.78, 5) is 2.28. The number of hydrogen-bond donors (Lipinski definition) is 1. The van der Waals surface area contributed by atoms with Crippen molar-refractivity contribution in [2.45, 2.75) is 58.5 Å². The third-order valence-corrected chi connectivity index (χ3v) is 5.48. The largest absolute Gasteiger partial charge is 0.368 e. The fourth-order valence-electron chi connectivity index (χ4n) is 3.55. The molecule has 0 amide bonds. The van der Waals surface area contributed by atoms with Gasteiger partial charge in [-0.3, -0.25) is 0 Å². The van der Waals surface area contributed by atoms with Gasteiger partial charge in [-0.25, -0.2) is 4.39 Å². The number of hydrogen-bond acceptors (Lipinski definition) is 2. The van der Waals surface area contributed by atoms with Crippen LogP contribution in [0.1, 0.15) is 51.5 Å². The van der Waals surface area contributed by atoms with E-state index in [0.717, 1.165) is 30.9 Å². The maximum absolute atomic E-state index is 14.4. The quantitative estimate of drug-likeness (QED) is 0.848. The fourth-order valence-corrected chi connectivity index (χ4v) is 3.55. The standard InChI is InChI=1S/C18H27FN2/c1-3-18(4-2)10-11-21(13-18)17-14(6-5-7-16(17)19)12-20-15-8-9-15/h5-7,15,20H,3-4,8-13H2,1-2H3. The third kappa shape index (κ3) is 3.08. The Bertz CT molecular complexity index is 492. The van der Waals surface area contributed by atoms with Crippen LogP contribution in [0.4, 0.5) is 10.1 Å². The lowest BCUT2D eigenvalue weighted by Crippen LogP contribution is -2.28. The summed E-state index contributed by atoms with van der Waals surface area (Å²) >= 11 is 0. The lowest BCUT2D eigenvalue weighted by molar-refractivity contribution is 0.301. The highest BCUT2D eigenvalue weighted by molar-refractivity contribution is 5.56. The van der Waals surface area contributed by atoms with Crippen molar-refractivity contribution in [3.63, 3.8) is 0 Å². The molecule has 1 heterocycles. The number of para-hydroxylation sites is 1. The van der Waals surface area contributed by atoms with Crippen LogP contribution < -0.4 is 10.2 Å². The van der Waals surface area contributed by atoms with Gasteiger partial charge < -0.3 is 10.2 Å². The molecule has 1 aromatic carbocycles. The Morgan fingerprint density at radius 2 is 2.05 bits per heavy atom. The highest BCUT2D eigenvalue weighted by atomic mass is 19.1. The van der Waals surface area contributed by atoms with Gasteiger partial charge in [0.2, 0.25) is 0 Å². The maximum atomic E-state index is 14.4. The van der Waals surface area contributed by atoms with Crippen LogP contribution in [0, 0.1) is 11.2 Å². The fraction of sp³-hybridized carbons (Fsp3) is 0.667. The molecule has 21 heavy (non-hydrogen) atoms. The highest BCUT2D eigenvalue weighted by Gasteiger charge is 2.36. The van der Waals surface area contributed by atoms with E-state index >= 15 is 0 Å². The van der Waals surface area contributed by atoms with Gasteiger partial charge in [0.05, 0.1) is 5.69 Å². The first-order valence-corrected chi connectivity index (χ1v) is 8.43. The molecule has 2 aliphatic rings.